The van der Waals surface area contributed by atoms with Crippen LogP contribution in [0.1, 0.15) is 6.92 Å². The van der Waals surface area contributed by atoms with E-state index in [1.54, 1.807) is 0 Å². The number of aliphatic hydroxyl groups is 13. The summed E-state index contributed by atoms with van der Waals surface area (Å²) in [6.45, 7) is -2.41. The van der Waals surface area contributed by atoms with Gasteiger partial charge in [-0.05, 0) is 0 Å². The molecule has 0 aromatic heterocycles. The van der Waals surface area contributed by atoms with Crippen LogP contribution in [-0.4, -0.2) is 221 Å². The Morgan fingerprint density at radius 2 is 0.958 bits per heavy atom. The van der Waals surface area contributed by atoms with Gasteiger partial charge in [0.25, 0.3) is 0 Å². The Labute approximate surface area is 272 Å². The fourth-order valence-corrected chi connectivity index (χ4v) is 5.94. The molecular weight excluding hydrogens is 662 g/mol. The van der Waals surface area contributed by atoms with E-state index in [0.717, 1.165) is 6.92 Å². The normalized spacial score (nSPS) is 50.2. The number of hydrogen-bond acceptors (Lipinski definition) is 21. The molecule has 0 saturated carbocycles. The lowest BCUT2D eigenvalue weighted by Crippen LogP contribution is -2.70. The summed E-state index contributed by atoms with van der Waals surface area (Å²) < 4.78 is 38.7. The third-order valence-corrected chi connectivity index (χ3v) is 8.61. The van der Waals surface area contributed by atoms with Gasteiger partial charge in [0.1, 0.15) is 97.6 Å². The summed E-state index contributed by atoms with van der Waals surface area (Å²) in [7, 11) is 0. The highest BCUT2D eigenvalue weighted by Gasteiger charge is 2.55. The zero-order chi connectivity index (χ0) is 35.6. The molecule has 20 atom stereocenters. The van der Waals surface area contributed by atoms with E-state index < -0.39 is 155 Å². The summed E-state index contributed by atoms with van der Waals surface area (Å²) in [4.78, 5) is 12.3. The molecule has 0 aromatic carbocycles. The first-order chi connectivity index (χ1) is 22.7. The molecule has 0 radical (unpaired) electrons. The van der Waals surface area contributed by atoms with Crippen molar-refractivity contribution in [3.63, 3.8) is 0 Å². The van der Waals surface area contributed by atoms with Gasteiger partial charge in [0, 0.05) is 6.92 Å². The van der Waals surface area contributed by atoms with Crippen LogP contribution >= 0.6 is 0 Å². The molecule has 4 rings (SSSR count). The summed E-state index contributed by atoms with van der Waals surface area (Å²) >= 11 is 0. The van der Waals surface area contributed by atoms with E-state index in [0.29, 0.717) is 0 Å². The Hall–Kier alpha value is -1.33. The van der Waals surface area contributed by atoms with Gasteiger partial charge in [0.05, 0.1) is 26.4 Å². The van der Waals surface area contributed by atoms with Crippen molar-refractivity contribution in [3.8, 4) is 0 Å². The number of aliphatic hydroxyl groups excluding tert-OH is 13. The molecule has 0 bridgehead atoms. The molecular formula is C26H45NO21. The number of rotatable bonds is 11. The van der Waals surface area contributed by atoms with Crippen molar-refractivity contribution in [2.75, 3.05) is 26.4 Å². The van der Waals surface area contributed by atoms with E-state index >= 15 is 0 Å². The van der Waals surface area contributed by atoms with Crippen molar-refractivity contribution in [1.29, 1.82) is 0 Å². The van der Waals surface area contributed by atoms with Crippen LogP contribution in [0.5, 0.6) is 0 Å². The maximum absolute atomic E-state index is 12.3. The largest absolute Gasteiger partial charge is 0.394 e. The van der Waals surface area contributed by atoms with Crippen LogP contribution in [-0.2, 0) is 38.0 Å². The molecule has 48 heavy (non-hydrogen) atoms. The molecule has 4 fully saturated rings. The molecule has 0 spiro atoms. The summed E-state index contributed by atoms with van der Waals surface area (Å²) in [5.74, 6) is -0.765. The maximum Gasteiger partial charge on any atom is 0.217 e. The molecule has 0 aromatic rings. The summed E-state index contributed by atoms with van der Waals surface area (Å²) in [6, 6.07) is -1.61. The molecule has 280 valence electrons. The van der Waals surface area contributed by atoms with Crippen molar-refractivity contribution in [2.24, 2.45) is 0 Å². The second-order valence-electron chi connectivity index (χ2n) is 11.9. The summed E-state index contributed by atoms with van der Waals surface area (Å²) in [5, 5.41) is 136. The Bertz CT molecular complexity index is 1030. The van der Waals surface area contributed by atoms with Gasteiger partial charge >= 0.3 is 0 Å². The van der Waals surface area contributed by atoms with Gasteiger partial charge in [-0.2, -0.15) is 0 Å². The van der Waals surface area contributed by atoms with Gasteiger partial charge in [-0.15, -0.1) is 0 Å². The quantitative estimate of drug-likeness (QED) is 0.0947. The number of amides is 1. The second kappa shape index (κ2) is 16.8. The van der Waals surface area contributed by atoms with Gasteiger partial charge < -0.3 is 105 Å². The summed E-state index contributed by atoms with van der Waals surface area (Å²) in [6.07, 6.45) is -33.8. The van der Waals surface area contributed by atoms with E-state index in [4.69, 9.17) is 33.2 Å². The smallest absolute Gasteiger partial charge is 0.217 e. The Morgan fingerprint density at radius 3 is 1.50 bits per heavy atom. The van der Waals surface area contributed by atoms with E-state index in [1.165, 1.54) is 0 Å². The minimum atomic E-state index is -2.04. The predicted molar refractivity (Wildman–Crippen MR) is 145 cm³/mol. The number of carbonyl (C=O) groups excluding carboxylic acids is 1. The van der Waals surface area contributed by atoms with E-state index in [-0.39, 0.29) is 0 Å². The first-order valence-electron chi connectivity index (χ1n) is 15.1. The first kappa shape index (κ1) is 39.5. The van der Waals surface area contributed by atoms with Crippen LogP contribution < -0.4 is 5.32 Å². The SMILES string of the molecule is CC(=O)NC1C(O[C@@H]2OC(CO)[C@H](O)C(O)C2O)[C@H](O)C(CO)O[C@H]1OC1C(O)[C@H](O[C@@H]2C(CO)O[C@@H](O)C(O)C2O)OC(CO)[C@@H]1O. The fraction of sp³-hybridized carbons (Fsp3) is 0.962. The maximum atomic E-state index is 12.3. The van der Waals surface area contributed by atoms with E-state index in [1.807, 2.05) is 0 Å². The summed E-state index contributed by atoms with van der Waals surface area (Å²) in [5.41, 5.74) is 0. The minimum absolute atomic E-state index is 0.765. The molecule has 14 N–H and O–H groups in total. The van der Waals surface area contributed by atoms with Crippen LogP contribution in [0.2, 0.25) is 0 Å². The highest BCUT2D eigenvalue weighted by Crippen LogP contribution is 2.34. The monoisotopic (exact) mass is 707 g/mol. The van der Waals surface area contributed by atoms with Crippen molar-refractivity contribution in [1.82, 2.24) is 5.32 Å². The molecule has 22 nitrogen and oxygen atoms in total. The second-order valence-corrected chi connectivity index (χ2v) is 11.9. The number of carbonyl (C=O) groups is 1. The Morgan fingerprint density at radius 1 is 0.500 bits per heavy atom. The van der Waals surface area contributed by atoms with Crippen molar-refractivity contribution < 1.29 is 104 Å². The van der Waals surface area contributed by atoms with Crippen LogP contribution in [0.4, 0.5) is 0 Å². The fourth-order valence-electron chi connectivity index (χ4n) is 5.94. The van der Waals surface area contributed by atoms with Gasteiger partial charge in [-0.3, -0.25) is 4.79 Å². The van der Waals surface area contributed by atoms with Crippen LogP contribution in [0.25, 0.3) is 0 Å². The molecule has 22 heteroatoms. The predicted octanol–water partition coefficient (Wildman–Crippen LogP) is -9.61. The van der Waals surface area contributed by atoms with Gasteiger partial charge in [0.15, 0.2) is 25.2 Å². The van der Waals surface area contributed by atoms with Gasteiger partial charge in [-0.1, -0.05) is 0 Å². The molecule has 0 aliphatic carbocycles. The minimum Gasteiger partial charge on any atom is -0.394 e. The average Bonchev–Trinajstić information content (AvgIpc) is 3.06. The van der Waals surface area contributed by atoms with E-state index in [2.05, 4.69) is 5.32 Å². The molecule has 4 aliphatic heterocycles. The molecule has 12 unspecified atom stereocenters. The zero-order valence-electron chi connectivity index (χ0n) is 25.5. The average molecular weight is 708 g/mol. The topological polar surface area (TPSA) is 357 Å². The lowest BCUT2D eigenvalue weighted by molar-refractivity contribution is -0.379. The van der Waals surface area contributed by atoms with Crippen molar-refractivity contribution in [3.05, 3.63) is 0 Å². The third kappa shape index (κ3) is 8.08. The standard InChI is InChI=1S/C26H45NO21/c1-6(32)27-11-21(47-25-18(39)15(36)12(33)7(2-28)44-25)13(34)8(3-29)43-24(11)48-22-14(35)9(4-30)45-26(19(22)40)46-20-10(5-31)42-23(41)17(38)16(20)37/h7-26,28-31,33-41H,2-5H2,1H3,(H,27,32)/t7?,8?,9?,10?,11?,12-,13+,14-,15?,16?,17?,18?,19?,20+,21?,22?,23+,24-,25-,26-/m0/s1. The molecule has 4 aliphatic rings. The van der Waals surface area contributed by atoms with E-state index in [9.17, 15) is 71.2 Å². The number of ether oxygens (including phenoxy) is 7. The first-order valence-corrected chi connectivity index (χ1v) is 15.1. The zero-order valence-corrected chi connectivity index (χ0v) is 25.5. The molecule has 4 saturated heterocycles. The van der Waals surface area contributed by atoms with Crippen molar-refractivity contribution in [2.45, 2.75) is 130 Å². The Kier molecular flexibility index (Phi) is 13.8. The highest BCUT2D eigenvalue weighted by atomic mass is 16.8. The van der Waals surface area contributed by atoms with Crippen LogP contribution in [0, 0.1) is 0 Å². The number of hydrogen-bond donors (Lipinski definition) is 14. The third-order valence-electron chi connectivity index (χ3n) is 8.61. The van der Waals surface area contributed by atoms with Crippen molar-refractivity contribution >= 4 is 5.91 Å². The van der Waals surface area contributed by atoms with Gasteiger partial charge in [-0.25, -0.2) is 0 Å². The van der Waals surface area contributed by atoms with Gasteiger partial charge in [0.2, 0.25) is 5.91 Å². The van der Waals surface area contributed by atoms with Crippen LogP contribution in [0.3, 0.4) is 0 Å². The molecule has 1 amide bonds. The Balaban J connectivity index is 1.61. The lowest BCUT2D eigenvalue weighted by atomic mass is 9.94. The highest BCUT2D eigenvalue weighted by molar-refractivity contribution is 5.73. The lowest BCUT2D eigenvalue weighted by Gasteiger charge is -2.50. The van der Waals surface area contributed by atoms with Crippen LogP contribution in [0.15, 0.2) is 0 Å². The number of nitrogens with one attached hydrogen (secondary N) is 1. The molecule has 4 heterocycles.